The van der Waals surface area contributed by atoms with Gasteiger partial charge in [0.05, 0.1) is 6.21 Å². The van der Waals surface area contributed by atoms with Gasteiger partial charge in [-0.1, -0.05) is 59.3 Å². The van der Waals surface area contributed by atoms with Crippen LogP contribution >= 0.6 is 0 Å². The minimum atomic E-state index is -0.596. The van der Waals surface area contributed by atoms with Gasteiger partial charge < -0.3 is 10.5 Å². The van der Waals surface area contributed by atoms with Gasteiger partial charge in [0.2, 0.25) is 11.6 Å². The zero-order valence-corrected chi connectivity index (χ0v) is 20.1. The Balaban J connectivity index is 1.32. The molecule has 0 fully saturated rings. The molecule has 3 aromatic carbocycles. The molecule has 3 N–H and O–H groups in total. The highest BCUT2D eigenvalue weighted by molar-refractivity contribution is 5.98. The summed E-state index contributed by atoms with van der Waals surface area (Å²) in [4.78, 5) is 13.0. The molecule has 12 heteroatoms. The summed E-state index contributed by atoms with van der Waals surface area (Å²) in [5.41, 5.74) is 11.9. The molecule has 5 rings (SSSR count). The first kappa shape index (κ1) is 24.3. The monoisotopic (exact) mass is 512 g/mol. The molecule has 0 saturated heterocycles. The maximum Gasteiger partial charge on any atom is 0.294 e. The summed E-state index contributed by atoms with van der Waals surface area (Å²) in [6.45, 7) is 2.23. The Kier molecular flexibility index (Phi) is 6.85. The fourth-order valence-electron chi connectivity index (χ4n) is 3.54. The van der Waals surface area contributed by atoms with E-state index in [1.165, 1.54) is 23.0 Å². The van der Waals surface area contributed by atoms with Crippen molar-refractivity contribution in [2.45, 2.75) is 13.5 Å². The standard InChI is InChI=1S/C26H21FN8O3/c1-16-5-9-19(10-6-16)23-22(30-34-35(23)25-24(28)32-38-33-25)26(36)31-29-14-18-3-2-4-21(13-18)37-15-17-7-11-20(27)12-8-17/h2-14H,15H2,1H3,(H2,28,32)(H,31,36)/b29-14-. The number of nitrogens with two attached hydrogens (primary N) is 1. The summed E-state index contributed by atoms with van der Waals surface area (Å²) in [6, 6.07) is 20.6. The minimum Gasteiger partial charge on any atom is -0.489 e. The third-order valence-electron chi connectivity index (χ3n) is 5.46. The quantitative estimate of drug-likeness (QED) is 0.236. The zero-order chi connectivity index (χ0) is 26.5. The molecule has 5 aromatic rings. The Morgan fingerprint density at radius 1 is 1.13 bits per heavy atom. The van der Waals surface area contributed by atoms with Crippen molar-refractivity contribution in [1.82, 2.24) is 30.7 Å². The highest BCUT2D eigenvalue weighted by Gasteiger charge is 2.25. The number of carbonyl (C=O) groups is 1. The smallest absolute Gasteiger partial charge is 0.294 e. The van der Waals surface area contributed by atoms with E-state index < -0.39 is 5.91 Å². The number of aryl methyl sites for hydroxylation is 1. The number of benzene rings is 3. The molecular weight excluding hydrogens is 491 g/mol. The van der Waals surface area contributed by atoms with Crippen molar-refractivity contribution in [3.05, 3.63) is 101 Å². The van der Waals surface area contributed by atoms with Crippen LogP contribution < -0.4 is 15.9 Å². The summed E-state index contributed by atoms with van der Waals surface area (Å²) in [6.07, 6.45) is 1.47. The molecule has 2 heterocycles. The largest absolute Gasteiger partial charge is 0.489 e. The second-order valence-corrected chi connectivity index (χ2v) is 8.22. The van der Waals surface area contributed by atoms with Gasteiger partial charge in [0.15, 0.2) is 5.69 Å². The maximum absolute atomic E-state index is 13.1. The first-order chi connectivity index (χ1) is 18.5. The molecule has 190 valence electrons. The van der Waals surface area contributed by atoms with Crippen molar-refractivity contribution >= 4 is 17.9 Å². The van der Waals surface area contributed by atoms with Gasteiger partial charge in [0.1, 0.15) is 23.9 Å². The third kappa shape index (κ3) is 5.38. The predicted octanol–water partition coefficient (Wildman–Crippen LogP) is 3.69. The number of nitrogens with zero attached hydrogens (tertiary/aromatic N) is 6. The van der Waals surface area contributed by atoms with E-state index >= 15 is 0 Å². The molecule has 0 unspecified atom stereocenters. The number of hydrazone groups is 1. The van der Waals surface area contributed by atoms with E-state index in [4.69, 9.17) is 10.5 Å². The van der Waals surface area contributed by atoms with E-state index in [0.717, 1.165) is 11.1 Å². The fourth-order valence-corrected chi connectivity index (χ4v) is 3.54. The van der Waals surface area contributed by atoms with Crippen LogP contribution in [-0.2, 0) is 6.61 Å². The first-order valence-corrected chi connectivity index (χ1v) is 11.4. The lowest BCUT2D eigenvalue weighted by Crippen LogP contribution is -2.19. The zero-order valence-electron chi connectivity index (χ0n) is 20.1. The van der Waals surface area contributed by atoms with Crippen molar-refractivity contribution in [3.8, 4) is 22.8 Å². The van der Waals surface area contributed by atoms with Crippen LogP contribution in [0.25, 0.3) is 17.1 Å². The number of ether oxygens (including phenoxy) is 1. The van der Waals surface area contributed by atoms with E-state index in [1.54, 1.807) is 36.4 Å². The van der Waals surface area contributed by atoms with Crippen LogP contribution in [0.5, 0.6) is 5.75 Å². The molecule has 0 saturated carbocycles. The molecular formula is C26H21FN8O3. The van der Waals surface area contributed by atoms with Gasteiger partial charge in [-0.2, -0.15) is 9.78 Å². The van der Waals surface area contributed by atoms with Crippen molar-refractivity contribution in [3.63, 3.8) is 0 Å². The van der Waals surface area contributed by atoms with E-state index in [1.807, 2.05) is 31.2 Å². The van der Waals surface area contributed by atoms with Crippen molar-refractivity contribution < 1.29 is 18.6 Å². The van der Waals surface area contributed by atoms with E-state index in [2.05, 4.69) is 35.8 Å². The van der Waals surface area contributed by atoms with Crippen molar-refractivity contribution in [2.75, 3.05) is 5.73 Å². The second-order valence-electron chi connectivity index (χ2n) is 8.22. The molecule has 0 spiro atoms. The summed E-state index contributed by atoms with van der Waals surface area (Å²) < 4.78 is 24.8. The van der Waals surface area contributed by atoms with Gasteiger partial charge in [-0.3, -0.25) is 4.79 Å². The van der Waals surface area contributed by atoms with Crippen molar-refractivity contribution in [2.24, 2.45) is 5.10 Å². The van der Waals surface area contributed by atoms with Gasteiger partial charge in [0.25, 0.3) is 5.91 Å². The SMILES string of the molecule is Cc1ccc(-c2c(C(=O)N/N=C\c3cccc(OCc4ccc(F)cc4)c3)nnn2-c2nonc2N)cc1. The lowest BCUT2D eigenvalue weighted by atomic mass is 10.1. The van der Waals surface area contributed by atoms with Gasteiger partial charge >= 0.3 is 0 Å². The third-order valence-corrected chi connectivity index (χ3v) is 5.46. The number of halogens is 1. The van der Waals surface area contributed by atoms with Gasteiger partial charge in [0, 0.05) is 5.56 Å². The number of hydrogen-bond acceptors (Lipinski definition) is 9. The molecule has 0 aliphatic heterocycles. The van der Waals surface area contributed by atoms with Gasteiger partial charge in [-0.15, -0.1) is 5.10 Å². The van der Waals surface area contributed by atoms with Crippen LogP contribution in [0.3, 0.4) is 0 Å². The van der Waals surface area contributed by atoms with Crippen LogP contribution in [0.1, 0.15) is 27.2 Å². The van der Waals surface area contributed by atoms with Crippen LogP contribution in [0.2, 0.25) is 0 Å². The topological polar surface area (TPSA) is 146 Å². The fraction of sp³-hybridized carbons (Fsp3) is 0.0769. The number of carbonyl (C=O) groups excluding carboxylic acids is 1. The molecule has 11 nitrogen and oxygen atoms in total. The molecule has 0 aliphatic carbocycles. The predicted molar refractivity (Wildman–Crippen MR) is 136 cm³/mol. The van der Waals surface area contributed by atoms with Gasteiger partial charge in [-0.25, -0.2) is 14.4 Å². The minimum absolute atomic E-state index is 0.00443. The molecule has 0 radical (unpaired) electrons. The summed E-state index contributed by atoms with van der Waals surface area (Å²) in [5, 5.41) is 19.5. The van der Waals surface area contributed by atoms with E-state index in [0.29, 0.717) is 22.6 Å². The Bertz CT molecular complexity index is 1590. The number of nitrogens with one attached hydrogen (secondary N) is 1. The number of aromatic nitrogens is 5. The van der Waals surface area contributed by atoms with Crippen LogP contribution in [0, 0.1) is 12.7 Å². The summed E-state index contributed by atoms with van der Waals surface area (Å²) in [7, 11) is 0. The lowest BCUT2D eigenvalue weighted by Gasteiger charge is -2.07. The number of hydrogen-bond donors (Lipinski definition) is 2. The number of amides is 1. The molecule has 2 aromatic heterocycles. The van der Waals surface area contributed by atoms with E-state index in [9.17, 15) is 9.18 Å². The molecule has 38 heavy (non-hydrogen) atoms. The number of rotatable bonds is 8. The Morgan fingerprint density at radius 2 is 1.92 bits per heavy atom. The molecule has 0 atom stereocenters. The number of anilines is 1. The normalized spacial score (nSPS) is 11.1. The molecule has 0 aliphatic rings. The van der Waals surface area contributed by atoms with E-state index in [-0.39, 0.29) is 29.8 Å². The Morgan fingerprint density at radius 3 is 2.66 bits per heavy atom. The lowest BCUT2D eigenvalue weighted by molar-refractivity contribution is 0.0950. The first-order valence-electron chi connectivity index (χ1n) is 11.4. The average Bonchev–Trinajstić information content (AvgIpc) is 3.55. The molecule has 0 bridgehead atoms. The van der Waals surface area contributed by atoms with Crippen LogP contribution in [0.15, 0.2) is 82.5 Å². The number of nitrogen functional groups attached to an aromatic ring is 1. The highest BCUT2D eigenvalue weighted by atomic mass is 19.1. The van der Waals surface area contributed by atoms with Crippen LogP contribution in [0.4, 0.5) is 10.2 Å². The Hall–Kier alpha value is -5.39. The maximum atomic E-state index is 13.1. The second kappa shape index (κ2) is 10.7. The summed E-state index contributed by atoms with van der Waals surface area (Å²) >= 11 is 0. The average molecular weight is 513 g/mol. The van der Waals surface area contributed by atoms with Crippen molar-refractivity contribution in [1.29, 1.82) is 0 Å². The van der Waals surface area contributed by atoms with Crippen LogP contribution in [-0.4, -0.2) is 37.4 Å². The Labute approximate surface area is 215 Å². The summed E-state index contributed by atoms with van der Waals surface area (Å²) in [5.74, 6) is -0.209. The molecule has 1 amide bonds. The highest BCUT2D eigenvalue weighted by Crippen LogP contribution is 2.26. The van der Waals surface area contributed by atoms with Gasteiger partial charge in [-0.05, 0) is 52.6 Å².